The number of hydrogen-bond acceptors (Lipinski definition) is 5. The number of aromatic nitrogens is 2. The predicted molar refractivity (Wildman–Crippen MR) is 98.2 cm³/mol. The molecule has 1 aromatic heterocycles. The summed E-state index contributed by atoms with van der Waals surface area (Å²) < 4.78 is 13.0. The van der Waals surface area contributed by atoms with Gasteiger partial charge in [-0.05, 0) is 36.6 Å². The van der Waals surface area contributed by atoms with Crippen molar-refractivity contribution in [3.63, 3.8) is 0 Å². The minimum atomic E-state index is -0.000663. The van der Waals surface area contributed by atoms with Crippen molar-refractivity contribution in [2.45, 2.75) is 20.0 Å². The molecule has 0 saturated carbocycles. The van der Waals surface area contributed by atoms with Crippen molar-refractivity contribution in [1.82, 2.24) is 14.7 Å². The van der Waals surface area contributed by atoms with Crippen molar-refractivity contribution in [2.24, 2.45) is 18.2 Å². The lowest BCUT2D eigenvalue weighted by molar-refractivity contribution is 0.0776. The van der Waals surface area contributed by atoms with Crippen molar-refractivity contribution < 1.29 is 14.3 Å². The summed E-state index contributed by atoms with van der Waals surface area (Å²) in [6, 6.07) is 5.29. The molecule has 0 aliphatic carbocycles. The van der Waals surface area contributed by atoms with Gasteiger partial charge in [-0.1, -0.05) is 6.92 Å². The molecule has 0 bridgehead atoms. The molecule has 26 heavy (non-hydrogen) atoms. The van der Waals surface area contributed by atoms with Crippen molar-refractivity contribution in [1.29, 1.82) is 0 Å². The van der Waals surface area contributed by atoms with Crippen LogP contribution in [0.5, 0.6) is 11.5 Å². The van der Waals surface area contributed by atoms with Gasteiger partial charge in [0.15, 0.2) is 11.5 Å². The Bertz CT molecular complexity index is 789. The number of methoxy groups -OCH3 is 1. The average molecular weight is 358 g/mol. The maximum absolute atomic E-state index is 12.8. The summed E-state index contributed by atoms with van der Waals surface area (Å²) in [5.74, 6) is 1.14. The summed E-state index contributed by atoms with van der Waals surface area (Å²) in [5, 5.41) is 4.12. The van der Waals surface area contributed by atoms with Crippen molar-refractivity contribution >= 4 is 5.91 Å². The smallest absolute Gasteiger partial charge is 0.254 e. The molecule has 0 radical (unpaired) electrons. The van der Waals surface area contributed by atoms with Gasteiger partial charge in [-0.25, -0.2) is 0 Å². The largest absolute Gasteiger partial charge is 0.493 e. The Morgan fingerprint density at radius 2 is 2.19 bits per heavy atom. The summed E-state index contributed by atoms with van der Waals surface area (Å²) in [4.78, 5) is 14.6. The number of amides is 1. The van der Waals surface area contributed by atoms with Gasteiger partial charge in [0.2, 0.25) is 0 Å². The Hall–Kier alpha value is -2.54. The number of likely N-dealkylation sites (tertiary alicyclic amines) is 1. The molecule has 1 atom stereocenters. The third kappa shape index (κ3) is 3.83. The second-order valence-electron chi connectivity index (χ2n) is 7.17. The van der Waals surface area contributed by atoms with E-state index in [1.54, 1.807) is 36.2 Å². The Balaban J connectivity index is 1.71. The van der Waals surface area contributed by atoms with Gasteiger partial charge in [0, 0.05) is 37.5 Å². The fourth-order valence-corrected chi connectivity index (χ4v) is 3.17. The fraction of sp³-hybridized carbons (Fsp3) is 0.474. The quantitative estimate of drug-likeness (QED) is 0.852. The first-order chi connectivity index (χ1) is 12.4. The van der Waals surface area contributed by atoms with Crippen LogP contribution in [0.4, 0.5) is 0 Å². The molecule has 0 spiro atoms. The molecule has 140 valence electrons. The Morgan fingerprint density at radius 1 is 1.38 bits per heavy atom. The van der Waals surface area contributed by atoms with Crippen molar-refractivity contribution in [3.8, 4) is 11.5 Å². The summed E-state index contributed by atoms with van der Waals surface area (Å²) in [5.41, 5.74) is 7.40. The van der Waals surface area contributed by atoms with E-state index in [0.29, 0.717) is 36.8 Å². The van der Waals surface area contributed by atoms with Crippen LogP contribution in [0, 0.1) is 5.41 Å². The average Bonchev–Trinajstić information content (AvgIpc) is 3.25. The number of nitrogens with zero attached hydrogens (tertiary/aromatic N) is 3. The van der Waals surface area contributed by atoms with Crippen molar-refractivity contribution in [2.75, 3.05) is 26.7 Å². The lowest BCUT2D eigenvalue weighted by Crippen LogP contribution is -2.34. The van der Waals surface area contributed by atoms with E-state index >= 15 is 0 Å². The van der Waals surface area contributed by atoms with Crippen LogP contribution in [0.1, 0.15) is 29.3 Å². The maximum Gasteiger partial charge on any atom is 0.254 e. The minimum absolute atomic E-state index is 0.000663. The third-order valence-electron chi connectivity index (χ3n) is 4.90. The van der Waals surface area contributed by atoms with Gasteiger partial charge in [0.1, 0.15) is 6.61 Å². The normalized spacial score (nSPS) is 19.6. The monoisotopic (exact) mass is 358 g/mol. The molecular weight excluding hydrogens is 332 g/mol. The highest BCUT2D eigenvalue weighted by atomic mass is 16.5. The van der Waals surface area contributed by atoms with Gasteiger partial charge >= 0.3 is 0 Å². The standard InChI is InChI=1S/C19H26N4O3/c1-19(12-20)6-7-23(13-19)18(24)15-4-5-16(17(8-15)25-3)26-11-14-9-21-22(2)10-14/h4-5,8-10H,6-7,11-13,20H2,1-3H3. The zero-order chi connectivity index (χ0) is 18.7. The van der Waals surface area contributed by atoms with E-state index < -0.39 is 0 Å². The summed E-state index contributed by atoms with van der Waals surface area (Å²) in [6.45, 7) is 4.51. The molecule has 1 amide bonds. The van der Waals surface area contributed by atoms with Gasteiger partial charge in [0.05, 0.1) is 13.3 Å². The van der Waals surface area contributed by atoms with Crippen LogP contribution in [-0.2, 0) is 13.7 Å². The molecule has 2 N–H and O–H groups in total. The van der Waals surface area contributed by atoms with E-state index in [4.69, 9.17) is 15.2 Å². The van der Waals surface area contributed by atoms with Crippen LogP contribution in [-0.4, -0.2) is 47.3 Å². The molecule has 1 unspecified atom stereocenters. The number of carbonyl (C=O) groups is 1. The highest BCUT2D eigenvalue weighted by molar-refractivity contribution is 5.95. The van der Waals surface area contributed by atoms with Crippen molar-refractivity contribution in [3.05, 3.63) is 41.7 Å². The summed E-state index contributed by atoms with van der Waals surface area (Å²) >= 11 is 0. The lowest BCUT2D eigenvalue weighted by Gasteiger charge is -2.22. The molecule has 3 rings (SSSR count). The summed E-state index contributed by atoms with van der Waals surface area (Å²) in [7, 11) is 3.43. The number of carbonyl (C=O) groups excluding carboxylic acids is 1. The van der Waals surface area contributed by atoms with Crippen LogP contribution >= 0.6 is 0 Å². The van der Waals surface area contributed by atoms with Gasteiger partial charge in [-0.15, -0.1) is 0 Å². The second-order valence-corrected chi connectivity index (χ2v) is 7.17. The van der Waals surface area contributed by atoms with E-state index in [1.807, 2.05) is 18.1 Å². The molecule has 7 nitrogen and oxygen atoms in total. The van der Waals surface area contributed by atoms with E-state index in [1.165, 1.54) is 0 Å². The fourth-order valence-electron chi connectivity index (χ4n) is 3.17. The number of ether oxygens (including phenoxy) is 2. The zero-order valence-electron chi connectivity index (χ0n) is 15.6. The molecule has 2 aromatic rings. The zero-order valence-corrected chi connectivity index (χ0v) is 15.6. The van der Waals surface area contributed by atoms with Crippen LogP contribution in [0.3, 0.4) is 0 Å². The Morgan fingerprint density at radius 3 is 2.81 bits per heavy atom. The molecule has 1 fully saturated rings. The Labute approximate surface area is 153 Å². The van der Waals surface area contributed by atoms with E-state index in [9.17, 15) is 4.79 Å². The van der Waals surface area contributed by atoms with Crippen LogP contribution < -0.4 is 15.2 Å². The molecule has 2 heterocycles. The molecular formula is C19H26N4O3. The molecule has 7 heteroatoms. The maximum atomic E-state index is 12.8. The van der Waals surface area contributed by atoms with Gasteiger partial charge in [-0.2, -0.15) is 5.10 Å². The highest BCUT2D eigenvalue weighted by Gasteiger charge is 2.35. The molecule has 1 aliphatic rings. The number of nitrogens with two attached hydrogens (primary N) is 1. The lowest BCUT2D eigenvalue weighted by atomic mass is 9.90. The second kappa shape index (κ2) is 7.37. The molecule has 1 saturated heterocycles. The van der Waals surface area contributed by atoms with Gasteiger partial charge in [-0.3, -0.25) is 9.48 Å². The molecule has 1 aliphatic heterocycles. The first-order valence-electron chi connectivity index (χ1n) is 8.72. The van der Waals surface area contributed by atoms with E-state index in [0.717, 1.165) is 18.5 Å². The number of rotatable bonds is 6. The molecule has 1 aromatic carbocycles. The number of hydrogen-bond donors (Lipinski definition) is 1. The van der Waals surface area contributed by atoms with Gasteiger partial charge < -0.3 is 20.1 Å². The van der Waals surface area contributed by atoms with Crippen LogP contribution in [0.15, 0.2) is 30.6 Å². The van der Waals surface area contributed by atoms with E-state index in [2.05, 4.69) is 12.0 Å². The third-order valence-corrected chi connectivity index (χ3v) is 4.90. The summed E-state index contributed by atoms with van der Waals surface area (Å²) in [6.07, 6.45) is 4.58. The van der Waals surface area contributed by atoms with Crippen LogP contribution in [0.2, 0.25) is 0 Å². The minimum Gasteiger partial charge on any atom is -0.493 e. The SMILES string of the molecule is COc1cc(C(=O)N2CCC(C)(CN)C2)ccc1OCc1cnn(C)c1. The van der Waals surface area contributed by atoms with Crippen LogP contribution in [0.25, 0.3) is 0 Å². The highest BCUT2D eigenvalue weighted by Crippen LogP contribution is 2.32. The number of benzene rings is 1. The first-order valence-corrected chi connectivity index (χ1v) is 8.72. The van der Waals surface area contributed by atoms with Gasteiger partial charge in [0.25, 0.3) is 5.91 Å². The Kier molecular flexibility index (Phi) is 5.18. The topological polar surface area (TPSA) is 82.6 Å². The van der Waals surface area contributed by atoms with E-state index in [-0.39, 0.29) is 11.3 Å². The predicted octanol–water partition coefficient (Wildman–Crippen LogP) is 1.82. The first kappa shape index (κ1) is 18.3. The number of aryl methyl sites for hydroxylation is 1.